The zero-order chi connectivity index (χ0) is 15.9. The van der Waals surface area contributed by atoms with Crippen molar-refractivity contribution in [1.82, 2.24) is 10.2 Å². The van der Waals surface area contributed by atoms with Gasteiger partial charge in [-0.05, 0) is 25.8 Å². The number of aliphatic carboxylic acids is 1. The Kier molecular flexibility index (Phi) is 6.17. The molecule has 116 valence electrons. The van der Waals surface area contributed by atoms with Crippen LogP contribution in [0.15, 0.2) is 30.3 Å². The van der Waals surface area contributed by atoms with Crippen molar-refractivity contribution < 1.29 is 19.8 Å². The van der Waals surface area contributed by atoms with E-state index in [-0.39, 0.29) is 6.61 Å². The van der Waals surface area contributed by atoms with Crippen LogP contribution in [0.4, 0.5) is 4.79 Å². The zero-order valence-corrected chi connectivity index (χ0v) is 12.4. The smallest absolute Gasteiger partial charge is 0.333 e. The van der Waals surface area contributed by atoms with Gasteiger partial charge in [-0.15, -0.1) is 0 Å². The fourth-order valence-corrected chi connectivity index (χ4v) is 1.98. The van der Waals surface area contributed by atoms with E-state index in [0.29, 0.717) is 25.1 Å². The molecule has 1 atom stereocenters. The summed E-state index contributed by atoms with van der Waals surface area (Å²) in [4.78, 5) is 25.3. The van der Waals surface area contributed by atoms with Gasteiger partial charge in [0, 0.05) is 19.7 Å². The first kappa shape index (κ1) is 17.0. The molecule has 1 aromatic carbocycles. The summed E-state index contributed by atoms with van der Waals surface area (Å²) in [6.45, 7) is 4.07. The van der Waals surface area contributed by atoms with Crippen LogP contribution >= 0.6 is 0 Å². The average Bonchev–Trinajstić information content (AvgIpc) is 2.48. The topological polar surface area (TPSA) is 89.9 Å². The number of aliphatic hydroxyl groups excluding tert-OH is 1. The molecule has 2 amide bonds. The summed E-state index contributed by atoms with van der Waals surface area (Å²) in [6.07, 6.45) is 0.455. The molecule has 0 radical (unpaired) electrons. The van der Waals surface area contributed by atoms with Gasteiger partial charge < -0.3 is 20.4 Å². The molecule has 0 saturated carbocycles. The van der Waals surface area contributed by atoms with Gasteiger partial charge in [-0.25, -0.2) is 9.59 Å². The molecule has 0 spiro atoms. The van der Waals surface area contributed by atoms with Crippen LogP contribution < -0.4 is 5.32 Å². The maximum atomic E-state index is 12.2. The molecule has 1 rings (SSSR count). The van der Waals surface area contributed by atoms with Gasteiger partial charge in [0.25, 0.3) is 0 Å². The Hall–Kier alpha value is -2.08. The van der Waals surface area contributed by atoms with E-state index in [1.165, 1.54) is 11.8 Å². The SMILES string of the molecule is CCN(CCCO)C(=O)NC(C)(C(=O)O)c1ccccc1. The number of rotatable bonds is 7. The predicted molar refractivity (Wildman–Crippen MR) is 78.9 cm³/mol. The second-order valence-corrected chi connectivity index (χ2v) is 4.88. The Morgan fingerprint density at radius 1 is 1.29 bits per heavy atom. The van der Waals surface area contributed by atoms with E-state index in [9.17, 15) is 14.7 Å². The Labute approximate surface area is 124 Å². The number of carboxylic acid groups (broad SMARTS) is 1. The molecule has 0 fully saturated rings. The van der Waals surface area contributed by atoms with Gasteiger partial charge >= 0.3 is 12.0 Å². The minimum absolute atomic E-state index is 0.0152. The lowest BCUT2D eigenvalue weighted by molar-refractivity contribution is -0.144. The van der Waals surface area contributed by atoms with Crippen molar-refractivity contribution in [3.8, 4) is 0 Å². The maximum absolute atomic E-state index is 12.2. The molecular weight excluding hydrogens is 272 g/mol. The molecule has 6 heteroatoms. The van der Waals surface area contributed by atoms with E-state index in [2.05, 4.69) is 5.32 Å². The van der Waals surface area contributed by atoms with Gasteiger partial charge in [-0.1, -0.05) is 30.3 Å². The average molecular weight is 294 g/mol. The van der Waals surface area contributed by atoms with E-state index < -0.39 is 17.5 Å². The number of benzene rings is 1. The molecule has 1 aromatic rings. The van der Waals surface area contributed by atoms with E-state index >= 15 is 0 Å². The van der Waals surface area contributed by atoms with Crippen molar-refractivity contribution in [3.63, 3.8) is 0 Å². The zero-order valence-electron chi connectivity index (χ0n) is 12.4. The minimum Gasteiger partial charge on any atom is -0.479 e. The number of hydrogen-bond donors (Lipinski definition) is 3. The number of carbonyl (C=O) groups is 2. The lowest BCUT2D eigenvalue weighted by Crippen LogP contribution is -2.54. The first-order valence-electron chi connectivity index (χ1n) is 6.92. The van der Waals surface area contributed by atoms with Crippen LogP contribution in [0, 0.1) is 0 Å². The normalized spacial score (nSPS) is 13.3. The van der Waals surface area contributed by atoms with Crippen molar-refractivity contribution in [3.05, 3.63) is 35.9 Å². The molecular formula is C15H22N2O4. The molecule has 0 heterocycles. The molecule has 0 aromatic heterocycles. The van der Waals surface area contributed by atoms with Gasteiger partial charge in [0.05, 0.1) is 0 Å². The highest BCUT2D eigenvalue weighted by Crippen LogP contribution is 2.21. The predicted octanol–water partition coefficient (Wildman–Crippen LogP) is 1.40. The highest BCUT2D eigenvalue weighted by Gasteiger charge is 2.37. The van der Waals surface area contributed by atoms with Gasteiger partial charge in [0.15, 0.2) is 5.54 Å². The number of nitrogens with one attached hydrogen (secondary N) is 1. The Morgan fingerprint density at radius 3 is 2.38 bits per heavy atom. The van der Waals surface area contributed by atoms with Gasteiger partial charge in [-0.3, -0.25) is 0 Å². The molecule has 0 aliphatic rings. The molecule has 21 heavy (non-hydrogen) atoms. The summed E-state index contributed by atoms with van der Waals surface area (Å²) in [5, 5.41) is 20.9. The van der Waals surface area contributed by atoms with Crippen LogP contribution in [0.25, 0.3) is 0 Å². The molecule has 0 saturated heterocycles. The van der Waals surface area contributed by atoms with Crippen molar-refractivity contribution in [2.75, 3.05) is 19.7 Å². The second kappa shape index (κ2) is 7.64. The lowest BCUT2D eigenvalue weighted by atomic mass is 9.92. The van der Waals surface area contributed by atoms with Crippen molar-refractivity contribution in [2.45, 2.75) is 25.8 Å². The largest absolute Gasteiger partial charge is 0.479 e. The van der Waals surface area contributed by atoms with Crippen LogP contribution in [-0.2, 0) is 10.3 Å². The first-order valence-corrected chi connectivity index (χ1v) is 6.92. The number of urea groups is 1. The summed E-state index contributed by atoms with van der Waals surface area (Å²) in [7, 11) is 0. The van der Waals surface area contributed by atoms with Crippen molar-refractivity contribution in [2.24, 2.45) is 0 Å². The van der Waals surface area contributed by atoms with Crippen molar-refractivity contribution in [1.29, 1.82) is 0 Å². The van der Waals surface area contributed by atoms with Gasteiger partial charge in [-0.2, -0.15) is 0 Å². The van der Waals surface area contributed by atoms with Crippen LogP contribution in [0.5, 0.6) is 0 Å². The molecule has 1 unspecified atom stereocenters. The summed E-state index contributed by atoms with van der Waals surface area (Å²) >= 11 is 0. The first-order chi connectivity index (χ1) is 9.95. The molecule has 0 aliphatic heterocycles. The number of nitrogens with zero attached hydrogens (tertiary/aromatic N) is 1. The molecule has 0 aliphatic carbocycles. The molecule has 0 bridgehead atoms. The van der Waals surface area contributed by atoms with Crippen LogP contribution in [0.3, 0.4) is 0 Å². The Balaban J connectivity index is 2.93. The fourth-order valence-electron chi connectivity index (χ4n) is 1.98. The van der Waals surface area contributed by atoms with Crippen LogP contribution in [0.2, 0.25) is 0 Å². The summed E-state index contributed by atoms with van der Waals surface area (Å²) < 4.78 is 0. The highest BCUT2D eigenvalue weighted by molar-refractivity contribution is 5.87. The Bertz CT molecular complexity index is 478. The molecule has 3 N–H and O–H groups in total. The number of amides is 2. The van der Waals surface area contributed by atoms with Crippen LogP contribution in [0.1, 0.15) is 25.8 Å². The lowest BCUT2D eigenvalue weighted by Gasteiger charge is -2.30. The van der Waals surface area contributed by atoms with E-state index in [1.807, 2.05) is 0 Å². The maximum Gasteiger partial charge on any atom is 0.333 e. The summed E-state index contributed by atoms with van der Waals surface area (Å²) in [5.74, 6) is -1.12. The highest BCUT2D eigenvalue weighted by atomic mass is 16.4. The summed E-state index contributed by atoms with van der Waals surface area (Å²) in [6, 6.07) is 8.11. The summed E-state index contributed by atoms with van der Waals surface area (Å²) in [5.41, 5.74) is -0.991. The third-order valence-electron chi connectivity index (χ3n) is 3.39. The quantitative estimate of drug-likeness (QED) is 0.709. The second-order valence-electron chi connectivity index (χ2n) is 4.88. The Morgan fingerprint density at radius 2 is 1.90 bits per heavy atom. The minimum atomic E-state index is -1.50. The number of carboxylic acids is 1. The third-order valence-corrected chi connectivity index (χ3v) is 3.39. The van der Waals surface area contributed by atoms with Crippen LogP contribution in [-0.4, -0.2) is 46.8 Å². The van der Waals surface area contributed by atoms with Gasteiger partial charge in [0.1, 0.15) is 0 Å². The van der Waals surface area contributed by atoms with E-state index in [4.69, 9.17) is 5.11 Å². The van der Waals surface area contributed by atoms with E-state index in [0.717, 1.165) is 0 Å². The number of carbonyl (C=O) groups excluding carboxylic acids is 1. The number of hydrogen-bond acceptors (Lipinski definition) is 3. The molecule has 6 nitrogen and oxygen atoms in total. The van der Waals surface area contributed by atoms with Gasteiger partial charge in [0.2, 0.25) is 0 Å². The fraction of sp³-hybridized carbons (Fsp3) is 0.467. The van der Waals surface area contributed by atoms with E-state index in [1.54, 1.807) is 37.3 Å². The monoisotopic (exact) mass is 294 g/mol. The number of aliphatic hydroxyl groups is 1. The standard InChI is InChI=1S/C15H22N2O4/c1-3-17(10-7-11-18)14(21)16-15(2,13(19)20)12-8-5-4-6-9-12/h4-6,8-9,18H,3,7,10-11H2,1-2H3,(H,16,21)(H,19,20). The van der Waals surface area contributed by atoms with Crippen molar-refractivity contribution >= 4 is 12.0 Å². The third kappa shape index (κ3) is 4.19.